The molecule has 1 amide bonds. The summed E-state index contributed by atoms with van der Waals surface area (Å²) in [6.45, 7) is 0. The molecule has 0 heterocycles. The molecule has 1 atom stereocenters. The number of carbonyl (C=O) groups is 1. The Morgan fingerprint density at radius 2 is 1.62 bits per heavy atom. The number of benzene rings is 2. The zero-order valence-corrected chi connectivity index (χ0v) is 19.2. The Kier molecular flexibility index (Phi) is 3.34. The van der Waals surface area contributed by atoms with Gasteiger partial charge >= 0.3 is 149 Å². The molecule has 0 bridgehead atoms. The van der Waals surface area contributed by atoms with Crippen LogP contribution in [-0.4, -0.2) is 14.0 Å². The van der Waals surface area contributed by atoms with Gasteiger partial charge in [0.25, 0.3) is 0 Å². The van der Waals surface area contributed by atoms with E-state index in [0.29, 0.717) is 13.7 Å². The van der Waals surface area contributed by atoms with Crippen LogP contribution in [-0.2, 0) is 10.1 Å². The van der Waals surface area contributed by atoms with E-state index >= 15 is 0 Å². The molecule has 3 rings (SSSR count). The van der Waals surface area contributed by atoms with E-state index in [1.54, 1.807) is 12.1 Å². The van der Waals surface area contributed by atoms with Gasteiger partial charge in [-0.2, -0.15) is 0 Å². The van der Waals surface area contributed by atoms with E-state index in [1.807, 2.05) is 59.0 Å². The minimum atomic E-state index is -5.35. The van der Waals surface area contributed by atoms with E-state index in [2.05, 4.69) is 9.87 Å². The number of fused-ring (bicyclic) bond motifs is 1. The van der Waals surface area contributed by atoms with Crippen molar-refractivity contribution in [2.75, 3.05) is 0 Å². The Morgan fingerprint density at radius 3 is 2.29 bits per heavy atom. The summed E-state index contributed by atoms with van der Waals surface area (Å²) in [5, 5.41) is 3.82. The number of hydrogen-bond acceptors (Lipinski definition) is 1. The van der Waals surface area contributed by atoms with Crippen molar-refractivity contribution in [3.8, 4) is 0 Å². The van der Waals surface area contributed by atoms with Crippen molar-refractivity contribution in [2.24, 2.45) is 0 Å². The summed E-state index contributed by atoms with van der Waals surface area (Å²) in [5.74, 6) is -0.214. The molecule has 1 aliphatic rings. The van der Waals surface area contributed by atoms with Gasteiger partial charge in [0, 0.05) is 0 Å². The summed E-state index contributed by atoms with van der Waals surface area (Å²) in [6, 6.07) is 17.2. The molecule has 6 heteroatoms. The van der Waals surface area contributed by atoms with E-state index in [4.69, 9.17) is 18.6 Å². The molecule has 1 aliphatic carbocycles. The Bertz CT molecular complexity index is 881. The molecule has 2 nitrogen and oxygen atoms in total. The number of amides is 1. The molecule has 0 saturated carbocycles. The molecule has 127 valence electrons. The molecular formula is C18H22Cl2NOSiTi. The third-order valence-electron chi connectivity index (χ3n) is 4.81. The summed E-state index contributed by atoms with van der Waals surface area (Å²) in [5.41, 5.74) is 2.77. The molecule has 2 aromatic rings. The average molecular weight is 415 g/mol. The zero-order chi connectivity index (χ0) is 17.7. The first-order valence-corrected chi connectivity index (χ1v) is 22.9. The standard InChI is InChI=1S/C9H7.C7H7NO.2CH3.2ClH.H3Si.Ti/c1-2-5-9-7-3-6-8(9)4-1;8-7(9)6-4-2-1-3-5-6;;;;;;/h1-7H;1-5H,(H2,8,9);2*1H3;2*1H;1H3;/q;;;;;;;+3/p-3. The number of nitrogens with one attached hydrogen (secondary N) is 1. The van der Waals surface area contributed by atoms with Crippen molar-refractivity contribution in [1.82, 2.24) is 3.80 Å². The fourth-order valence-corrected chi connectivity index (χ4v) is 14.8. The van der Waals surface area contributed by atoms with E-state index in [9.17, 15) is 4.79 Å². The van der Waals surface area contributed by atoms with Crippen LogP contribution in [0.15, 0.2) is 60.7 Å². The predicted molar refractivity (Wildman–Crippen MR) is 105 cm³/mol. The SMILES string of the molecule is [CH3][Ti]([CH3])([SiH3])([Cl])([Cl])([NH]C(=O)c1ccccc1)[CH]1C=Cc2ccccc21. The van der Waals surface area contributed by atoms with Gasteiger partial charge in [0.15, 0.2) is 0 Å². The van der Waals surface area contributed by atoms with Crippen LogP contribution < -0.4 is 3.80 Å². The Morgan fingerprint density at radius 1 is 1.04 bits per heavy atom. The van der Waals surface area contributed by atoms with Crippen LogP contribution in [0.3, 0.4) is 0 Å². The molecular weight excluding hydrogens is 393 g/mol. The van der Waals surface area contributed by atoms with Crippen LogP contribution in [0, 0.1) is 0 Å². The van der Waals surface area contributed by atoms with Crippen molar-refractivity contribution in [3.63, 3.8) is 0 Å². The summed E-state index contributed by atoms with van der Waals surface area (Å²) in [6.07, 6.45) is 4.10. The monoisotopic (exact) mass is 414 g/mol. The quantitative estimate of drug-likeness (QED) is 0.733. The number of rotatable bonds is 3. The first kappa shape index (κ1) is 18.0. The molecule has 0 saturated heterocycles. The molecule has 0 spiro atoms. The van der Waals surface area contributed by atoms with Gasteiger partial charge in [-0.05, 0) is 0 Å². The van der Waals surface area contributed by atoms with Crippen LogP contribution in [0.1, 0.15) is 25.7 Å². The van der Waals surface area contributed by atoms with Crippen LogP contribution in [0.4, 0.5) is 0 Å². The minimum absolute atomic E-state index is 0.193. The Balaban J connectivity index is 2.11. The average Bonchev–Trinajstić information content (AvgIpc) is 2.92. The van der Waals surface area contributed by atoms with E-state index in [1.165, 1.54) is 0 Å². The van der Waals surface area contributed by atoms with Gasteiger partial charge in [0.05, 0.1) is 0 Å². The van der Waals surface area contributed by atoms with Crippen LogP contribution in [0.5, 0.6) is 0 Å². The molecule has 2 aromatic carbocycles. The molecule has 0 aliphatic heterocycles. The number of halogens is 2. The first-order chi connectivity index (χ1) is 10.8. The molecule has 0 aromatic heterocycles. The van der Waals surface area contributed by atoms with Crippen LogP contribution in [0.25, 0.3) is 6.08 Å². The summed E-state index contributed by atoms with van der Waals surface area (Å²) < 4.78 is 2.97. The Labute approximate surface area is 148 Å². The molecule has 0 fully saturated rings. The number of hydrogen-bond donors (Lipinski definition) is 1. The molecule has 1 unspecified atom stereocenters. The number of carbonyl (C=O) groups excluding carboxylic acids is 1. The predicted octanol–water partition coefficient (Wildman–Crippen LogP) is 4.54. The van der Waals surface area contributed by atoms with E-state index < -0.39 is 10.1 Å². The van der Waals surface area contributed by atoms with Gasteiger partial charge in [-0.25, -0.2) is 0 Å². The van der Waals surface area contributed by atoms with Gasteiger partial charge in [-0.15, -0.1) is 0 Å². The van der Waals surface area contributed by atoms with Crippen LogP contribution in [0.2, 0.25) is 10.5 Å². The molecule has 1 N–H and O–H groups in total. The van der Waals surface area contributed by atoms with Crippen molar-refractivity contribution >= 4 is 38.7 Å². The van der Waals surface area contributed by atoms with Gasteiger partial charge < -0.3 is 0 Å². The van der Waals surface area contributed by atoms with E-state index in [0.717, 1.165) is 11.1 Å². The second-order valence-corrected chi connectivity index (χ2v) is 62.8. The maximum atomic E-state index is 12.9. The van der Waals surface area contributed by atoms with Crippen LogP contribution >= 0.6 is 18.6 Å². The fraction of sp³-hybridized carbons (Fsp3) is 0.167. The van der Waals surface area contributed by atoms with E-state index in [-0.39, 0.29) is 10.1 Å². The normalized spacial score (nSPS) is 21.2. The number of allylic oxidation sites excluding steroid dienone is 1. The zero-order valence-electron chi connectivity index (χ0n) is 14.1. The molecule has 24 heavy (non-hydrogen) atoms. The summed E-state index contributed by atoms with van der Waals surface area (Å²) >= 11 is 0. The maximum absolute atomic E-state index is 12.9. The first-order valence-electron chi connectivity index (χ1n) is 8.10. The van der Waals surface area contributed by atoms with Crippen molar-refractivity contribution < 1.29 is 14.9 Å². The molecule has 0 radical (unpaired) electrons. The third-order valence-corrected chi connectivity index (χ3v) is 18.1. The van der Waals surface area contributed by atoms with Gasteiger partial charge in [0.1, 0.15) is 0 Å². The van der Waals surface area contributed by atoms with Gasteiger partial charge in [0.2, 0.25) is 0 Å². The fourth-order valence-electron chi connectivity index (χ4n) is 3.55. The second-order valence-electron chi connectivity index (χ2n) is 9.16. The Hall–Kier alpha value is -0.839. The second kappa shape index (κ2) is 4.46. The van der Waals surface area contributed by atoms with Crippen molar-refractivity contribution in [2.45, 2.75) is 14.7 Å². The van der Waals surface area contributed by atoms with Crippen molar-refractivity contribution in [3.05, 3.63) is 77.4 Å². The van der Waals surface area contributed by atoms with Crippen molar-refractivity contribution in [1.29, 1.82) is 0 Å². The van der Waals surface area contributed by atoms with Gasteiger partial charge in [-0.3, -0.25) is 0 Å². The third kappa shape index (κ3) is 3.29. The van der Waals surface area contributed by atoms with Gasteiger partial charge in [-0.1, -0.05) is 0 Å². The topological polar surface area (TPSA) is 29.1 Å². The summed E-state index contributed by atoms with van der Waals surface area (Å²) in [4.78, 5) is 12.9. The summed E-state index contributed by atoms with van der Waals surface area (Å²) in [7, 11) is 9.92.